The standard InChI is InChI=1S/C7H13N/c1-3-5-7-8-6-4-2/h4-5,7-8H,2-3,6H2,1H3/b7-5+. The zero-order chi connectivity index (χ0) is 6.24. The van der Waals surface area contributed by atoms with E-state index in [2.05, 4.69) is 24.9 Å². The van der Waals surface area contributed by atoms with Crippen molar-refractivity contribution in [2.24, 2.45) is 0 Å². The fourth-order valence-electron chi connectivity index (χ4n) is 0.353. The fraction of sp³-hybridized carbons (Fsp3) is 0.429. The molecule has 0 unspecified atom stereocenters. The third-order valence-corrected chi connectivity index (χ3v) is 0.734. The molecule has 1 N–H and O–H groups in total. The molecule has 0 heterocycles. The minimum Gasteiger partial charge on any atom is -0.388 e. The summed E-state index contributed by atoms with van der Waals surface area (Å²) < 4.78 is 0. The quantitative estimate of drug-likeness (QED) is 0.430. The first kappa shape index (κ1) is 7.28. The second-order valence-electron chi connectivity index (χ2n) is 1.51. The highest BCUT2D eigenvalue weighted by Crippen LogP contribution is 1.74. The Balaban J connectivity index is 2.90. The van der Waals surface area contributed by atoms with Crippen molar-refractivity contribution in [2.75, 3.05) is 6.54 Å². The lowest BCUT2D eigenvalue weighted by Gasteiger charge is -1.89. The minimum absolute atomic E-state index is 0.858. The lowest BCUT2D eigenvalue weighted by Crippen LogP contribution is -2.02. The van der Waals surface area contributed by atoms with Crippen molar-refractivity contribution in [1.82, 2.24) is 5.32 Å². The van der Waals surface area contributed by atoms with E-state index in [4.69, 9.17) is 0 Å². The zero-order valence-corrected chi connectivity index (χ0v) is 5.35. The molecule has 0 bridgehead atoms. The van der Waals surface area contributed by atoms with Crippen molar-refractivity contribution < 1.29 is 0 Å². The normalized spacial score (nSPS) is 9.62. The van der Waals surface area contributed by atoms with E-state index >= 15 is 0 Å². The number of nitrogens with one attached hydrogen (secondary N) is 1. The Morgan fingerprint density at radius 1 is 1.62 bits per heavy atom. The topological polar surface area (TPSA) is 12.0 Å². The van der Waals surface area contributed by atoms with Gasteiger partial charge >= 0.3 is 0 Å². The minimum atomic E-state index is 0.858. The SMILES string of the molecule is C=CCN/C=C/CC. The van der Waals surface area contributed by atoms with Crippen LogP contribution in [-0.2, 0) is 0 Å². The molecular weight excluding hydrogens is 98.1 g/mol. The van der Waals surface area contributed by atoms with E-state index in [1.165, 1.54) is 0 Å². The van der Waals surface area contributed by atoms with E-state index in [0.29, 0.717) is 0 Å². The third kappa shape index (κ3) is 5.28. The largest absolute Gasteiger partial charge is 0.388 e. The van der Waals surface area contributed by atoms with Gasteiger partial charge < -0.3 is 5.32 Å². The van der Waals surface area contributed by atoms with Crippen LogP contribution >= 0.6 is 0 Å². The summed E-state index contributed by atoms with van der Waals surface area (Å²) in [6.07, 6.45) is 6.94. The molecule has 0 spiro atoms. The molecule has 0 saturated heterocycles. The lowest BCUT2D eigenvalue weighted by atomic mass is 10.5. The van der Waals surface area contributed by atoms with Crippen molar-refractivity contribution in [3.63, 3.8) is 0 Å². The molecule has 0 aliphatic rings. The Morgan fingerprint density at radius 3 is 2.88 bits per heavy atom. The van der Waals surface area contributed by atoms with Crippen LogP contribution in [0.2, 0.25) is 0 Å². The van der Waals surface area contributed by atoms with Gasteiger partial charge in [0.05, 0.1) is 0 Å². The summed E-state index contributed by atoms with van der Waals surface area (Å²) in [5.41, 5.74) is 0. The molecule has 1 nitrogen and oxygen atoms in total. The van der Waals surface area contributed by atoms with E-state index in [-0.39, 0.29) is 0 Å². The molecule has 0 saturated carbocycles. The van der Waals surface area contributed by atoms with Crippen molar-refractivity contribution in [3.8, 4) is 0 Å². The highest BCUT2D eigenvalue weighted by molar-refractivity contribution is 4.81. The molecule has 0 aliphatic heterocycles. The smallest absolute Gasteiger partial charge is 0.0322 e. The first-order chi connectivity index (χ1) is 3.91. The van der Waals surface area contributed by atoms with Gasteiger partial charge in [-0.1, -0.05) is 19.1 Å². The van der Waals surface area contributed by atoms with Crippen LogP contribution in [0.1, 0.15) is 13.3 Å². The van der Waals surface area contributed by atoms with Crippen LogP contribution < -0.4 is 5.32 Å². The summed E-state index contributed by atoms with van der Waals surface area (Å²) in [7, 11) is 0. The van der Waals surface area contributed by atoms with Crippen molar-refractivity contribution in [2.45, 2.75) is 13.3 Å². The Kier molecular flexibility index (Phi) is 5.71. The van der Waals surface area contributed by atoms with E-state index in [1.54, 1.807) is 0 Å². The number of hydrogen-bond acceptors (Lipinski definition) is 1. The molecule has 0 atom stereocenters. The van der Waals surface area contributed by atoms with Crippen LogP contribution in [0.5, 0.6) is 0 Å². The lowest BCUT2D eigenvalue weighted by molar-refractivity contribution is 0.975. The van der Waals surface area contributed by atoms with E-state index in [9.17, 15) is 0 Å². The first-order valence-corrected chi connectivity index (χ1v) is 2.91. The summed E-state index contributed by atoms with van der Waals surface area (Å²) >= 11 is 0. The van der Waals surface area contributed by atoms with Gasteiger partial charge in [-0.2, -0.15) is 0 Å². The Morgan fingerprint density at radius 2 is 2.38 bits per heavy atom. The fourth-order valence-corrected chi connectivity index (χ4v) is 0.353. The highest BCUT2D eigenvalue weighted by atomic mass is 14.8. The maximum Gasteiger partial charge on any atom is 0.0322 e. The number of rotatable bonds is 4. The summed E-state index contributed by atoms with van der Waals surface area (Å²) in [5.74, 6) is 0. The monoisotopic (exact) mass is 111 g/mol. The Labute approximate surface area is 51.1 Å². The van der Waals surface area contributed by atoms with Gasteiger partial charge in [-0.3, -0.25) is 0 Å². The molecule has 0 aromatic heterocycles. The van der Waals surface area contributed by atoms with E-state index < -0.39 is 0 Å². The van der Waals surface area contributed by atoms with Crippen LogP contribution in [-0.4, -0.2) is 6.54 Å². The van der Waals surface area contributed by atoms with Gasteiger partial charge in [-0.05, 0) is 12.6 Å². The molecule has 0 rings (SSSR count). The van der Waals surface area contributed by atoms with Crippen LogP contribution in [0.25, 0.3) is 0 Å². The summed E-state index contributed by atoms with van der Waals surface area (Å²) in [5, 5.41) is 3.04. The second-order valence-corrected chi connectivity index (χ2v) is 1.51. The van der Waals surface area contributed by atoms with Crippen molar-refractivity contribution >= 4 is 0 Å². The average Bonchev–Trinajstić information content (AvgIpc) is 1.81. The number of hydrogen-bond donors (Lipinski definition) is 1. The van der Waals surface area contributed by atoms with Crippen LogP contribution in [0.3, 0.4) is 0 Å². The predicted octanol–water partition coefficient (Wildman–Crippen LogP) is 1.69. The van der Waals surface area contributed by atoms with Gasteiger partial charge in [-0.25, -0.2) is 0 Å². The van der Waals surface area contributed by atoms with Gasteiger partial charge in [0.25, 0.3) is 0 Å². The molecule has 0 amide bonds. The van der Waals surface area contributed by atoms with Gasteiger partial charge in [0.1, 0.15) is 0 Å². The van der Waals surface area contributed by atoms with Crippen LogP contribution in [0.4, 0.5) is 0 Å². The molecule has 1 heteroatoms. The van der Waals surface area contributed by atoms with Gasteiger partial charge in [0.15, 0.2) is 0 Å². The summed E-state index contributed by atoms with van der Waals surface area (Å²) in [6.45, 7) is 6.52. The number of allylic oxidation sites excluding steroid dienone is 1. The maximum absolute atomic E-state index is 3.56. The highest BCUT2D eigenvalue weighted by Gasteiger charge is 1.66. The van der Waals surface area contributed by atoms with Crippen LogP contribution in [0.15, 0.2) is 24.9 Å². The third-order valence-electron chi connectivity index (χ3n) is 0.734. The summed E-state index contributed by atoms with van der Waals surface area (Å²) in [6, 6.07) is 0. The van der Waals surface area contributed by atoms with Gasteiger partial charge in [-0.15, -0.1) is 6.58 Å². The van der Waals surface area contributed by atoms with Crippen LogP contribution in [0, 0.1) is 0 Å². The molecule has 0 fully saturated rings. The van der Waals surface area contributed by atoms with Gasteiger partial charge in [0, 0.05) is 6.54 Å². The molecule has 0 radical (unpaired) electrons. The zero-order valence-electron chi connectivity index (χ0n) is 5.35. The Hall–Kier alpha value is -0.720. The average molecular weight is 111 g/mol. The van der Waals surface area contributed by atoms with E-state index in [0.717, 1.165) is 13.0 Å². The molecule has 0 aromatic carbocycles. The first-order valence-electron chi connectivity index (χ1n) is 2.91. The second kappa shape index (κ2) is 6.28. The molecule has 0 aliphatic carbocycles. The molecule has 0 aromatic rings. The van der Waals surface area contributed by atoms with Crippen molar-refractivity contribution in [3.05, 3.63) is 24.9 Å². The summed E-state index contributed by atoms with van der Waals surface area (Å²) in [4.78, 5) is 0. The molecular formula is C7H13N. The molecule has 8 heavy (non-hydrogen) atoms. The maximum atomic E-state index is 3.56. The van der Waals surface area contributed by atoms with Gasteiger partial charge in [0.2, 0.25) is 0 Å². The van der Waals surface area contributed by atoms with E-state index in [1.807, 2.05) is 12.3 Å². The Bertz CT molecular complexity index is 74.5. The predicted molar refractivity (Wildman–Crippen MR) is 37.6 cm³/mol. The molecule has 46 valence electrons. The van der Waals surface area contributed by atoms with Crippen molar-refractivity contribution in [1.29, 1.82) is 0 Å².